The van der Waals surface area contributed by atoms with Crippen LogP contribution in [0, 0.1) is 0 Å². The molecule has 0 aliphatic heterocycles. The fourth-order valence-corrected chi connectivity index (χ4v) is 3.42. The number of anilines is 1. The summed E-state index contributed by atoms with van der Waals surface area (Å²) in [5, 5.41) is 1.58. The number of alkyl halides is 3. The number of sulfonamides is 1. The summed E-state index contributed by atoms with van der Waals surface area (Å²) in [5.41, 5.74) is -0.0137. The van der Waals surface area contributed by atoms with E-state index in [4.69, 9.17) is 0 Å². The van der Waals surface area contributed by atoms with E-state index in [-0.39, 0.29) is 9.90 Å². The first-order valence-corrected chi connectivity index (χ1v) is 7.55. The number of ether oxygens (including phenoxy) is 1. The maximum absolute atomic E-state index is 12.1. The second kappa shape index (κ2) is 5.33. The van der Waals surface area contributed by atoms with Crippen molar-refractivity contribution < 1.29 is 26.3 Å². The standard InChI is InChI=1S/C11H8F3NO3S2/c12-11(13,14)18-9-4-1-3-8(7-9)15-20(16,17)10-5-2-6-19-10/h1-7,15H. The van der Waals surface area contributed by atoms with Crippen LogP contribution in [0.4, 0.5) is 18.9 Å². The Bertz CT molecular complexity index is 681. The average Bonchev–Trinajstić information content (AvgIpc) is 2.80. The van der Waals surface area contributed by atoms with Crippen molar-refractivity contribution in [2.45, 2.75) is 10.6 Å². The van der Waals surface area contributed by atoms with Gasteiger partial charge in [-0.2, -0.15) is 0 Å². The molecule has 4 nitrogen and oxygen atoms in total. The van der Waals surface area contributed by atoms with Gasteiger partial charge in [-0.05, 0) is 23.6 Å². The van der Waals surface area contributed by atoms with Gasteiger partial charge in [0, 0.05) is 6.07 Å². The molecule has 1 heterocycles. The number of thiophene rings is 1. The van der Waals surface area contributed by atoms with Gasteiger partial charge in [-0.25, -0.2) is 8.42 Å². The highest BCUT2D eigenvalue weighted by molar-refractivity contribution is 7.94. The highest BCUT2D eigenvalue weighted by Gasteiger charge is 2.31. The highest BCUT2D eigenvalue weighted by atomic mass is 32.2. The molecule has 0 fully saturated rings. The molecule has 108 valence electrons. The van der Waals surface area contributed by atoms with Crippen LogP contribution in [0.3, 0.4) is 0 Å². The zero-order valence-electron chi connectivity index (χ0n) is 9.72. The lowest BCUT2D eigenvalue weighted by Crippen LogP contribution is -2.17. The van der Waals surface area contributed by atoms with Crippen LogP contribution in [0.2, 0.25) is 0 Å². The first-order valence-electron chi connectivity index (χ1n) is 5.18. The normalized spacial score (nSPS) is 12.2. The topological polar surface area (TPSA) is 55.4 Å². The molecule has 0 aliphatic rings. The van der Waals surface area contributed by atoms with E-state index in [1.165, 1.54) is 18.2 Å². The van der Waals surface area contributed by atoms with Crippen molar-refractivity contribution in [1.82, 2.24) is 0 Å². The zero-order valence-corrected chi connectivity index (χ0v) is 11.3. The average molecular weight is 323 g/mol. The third kappa shape index (κ3) is 3.87. The van der Waals surface area contributed by atoms with E-state index in [1.807, 2.05) is 0 Å². The maximum atomic E-state index is 12.1. The lowest BCUT2D eigenvalue weighted by Gasteiger charge is -2.11. The third-order valence-corrected chi connectivity index (χ3v) is 4.86. The summed E-state index contributed by atoms with van der Waals surface area (Å²) in [6.07, 6.45) is -4.83. The van der Waals surface area contributed by atoms with Crippen molar-refractivity contribution in [3.05, 3.63) is 41.8 Å². The summed E-state index contributed by atoms with van der Waals surface area (Å²) in [7, 11) is -3.80. The zero-order chi connectivity index (χ0) is 14.8. The van der Waals surface area contributed by atoms with Gasteiger partial charge in [-0.1, -0.05) is 12.1 Å². The molecule has 0 bridgehead atoms. The van der Waals surface area contributed by atoms with Gasteiger partial charge >= 0.3 is 6.36 Å². The quantitative estimate of drug-likeness (QED) is 0.937. The summed E-state index contributed by atoms with van der Waals surface area (Å²) in [6, 6.07) is 7.57. The van der Waals surface area contributed by atoms with E-state index < -0.39 is 22.1 Å². The molecule has 2 aromatic rings. The van der Waals surface area contributed by atoms with Gasteiger partial charge in [0.1, 0.15) is 9.96 Å². The third-order valence-electron chi connectivity index (χ3n) is 2.08. The Morgan fingerprint density at radius 1 is 1.15 bits per heavy atom. The van der Waals surface area contributed by atoms with Gasteiger partial charge in [0.05, 0.1) is 5.69 Å². The van der Waals surface area contributed by atoms with Gasteiger partial charge < -0.3 is 4.74 Å². The summed E-state index contributed by atoms with van der Waals surface area (Å²) in [4.78, 5) is 0. The Balaban J connectivity index is 2.21. The Labute approximate surface area is 116 Å². The van der Waals surface area contributed by atoms with Crippen LogP contribution in [-0.4, -0.2) is 14.8 Å². The summed E-state index contributed by atoms with van der Waals surface area (Å²) in [5.74, 6) is -0.496. The second-order valence-electron chi connectivity index (χ2n) is 3.61. The smallest absolute Gasteiger partial charge is 0.406 e. The Kier molecular flexibility index (Phi) is 3.91. The Morgan fingerprint density at radius 2 is 1.90 bits per heavy atom. The van der Waals surface area contributed by atoms with E-state index in [0.29, 0.717) is 0 Å². The monoisotopic (exact) mass is 323 g/mol. The van der Waals surface area contributed by atoms with Crippen molar-refractivity contribution in [2.24, 2.45) is 0 Å². The predicted octanol–water partition coefficient (Wildman–Crippen LogP) is 3.45. The van der Waals surface area contributed by atoms with Gasteiger partial charge in [-0.15, -0.1) is 24.5 Å². The molecular formula is C11H8F3NO3S2. The van der Waals surface area contributed by atoms with Crippen molar-refractivity contribution >= 4 is 27.0 Å². The summed E-state index contributed by atoms with van der Waals surface area (Å²) < 4.78 is 66.0. The van der Waals surface area contributed by atoms with Crippen LogP contribution in [0.1, 0.15) is 0 Å². The molecule has 0 spiro atoms. The molecule has 20 heavy (non-hydrogen) atoms. The van der Waals surface area contributed by atoms with Gasteiger partial charge in [0.2, 0.25) is 0 Å². The first-order chi connectivity index (χ1) is 9.26. The molecule has 1 aromatic heterocycles. The molecule has 0 saturated carbocycles. The minimum atomic E-state index is -4.83. The molecule has 1 aromatic carbocycles. The minimum absolute atomic E-state index is 0.0137. The fourth-order valence-electron chi connectivity index (χ4n) is 1.38. The van der Waals surface area contributed by atoms with Crippen molar-refractivity contribution in [1.29, 1.82) is 0 Å². The van der Waals surface area contributed by atoms with Crippen molar-refractivity contribution in [2.75, 3.05) is 4.72 Å². The van der Waals surface area contributed by atoms with E-state index >= 15 is 0 Å². The largest absolute Gasteiger partial charge is 0.573 e. The molecule has 0 radical (unpaired) electrons. The summed E-state index contributed by atoms with van der Waals surface area (Å²) >= 11 is 1.00. The SMILES string of the molecule is O=S(=O)(Nc1cccc(OC(F)(F)F)c1)c1cccs1. The molecule has 2 rings (SSSR count). The Morgan fingerprint density at radius 3 is 2.50 bits per heavy atom. The molecule has 0 unspecified atom stereocenters. The molecule has 1 N–H and O–H groups in total. The number of hydrogen-bond acceptors (Lipinski definition) is 4. The van der Waals surface area contributed by atoms with Crippen LogP contribution in [0.5, 0.6) is 5.75 Å². The van der Waals surface area contributed by atoms with Crippen LogP contribution in [0.25, 0.3) is 0 Å². The maximum Gasteiger partial charge on any atom is 0.573 e. The van der Waals surface area contributed by atoms with E-state index in [0.717, 1.165) is 23.5 Å². The molecule has 0 amide bonds. The number of benzene rings is 1. The number of hydrogen-bond donors (Lipinski definition) is 1. The number of halogens is 3. The van der Waals surface area contributed by atoms with Gasteiger partial charge in [0.25, 0.3) is 10.0 Å². The molecule has 0 atom stereocenters. The summed E-state index contributed by atoms with van der Waals surface area (Å²) in [6.45, 7) is 0. The second-order valence-corrected chi connectivity index (χ2v) is 6.47. The predicted molar refractivity (Wildman–Crippen MR) is 68.3 cm³/mol. The first kappa shape index (κ1) is 14.7. The highest BCUT2D eigenvalue weighted by Crippen LogP contribution is 2.26. The lowest BCUT2D eigenvalue weighted by atomic mass is 10.3. The van der Waals surface area contributed by atoms with Gasteiger partial charge in [-0.3, -0.25) is 4.72 Å². The van der Waals surface area contributed by atoms with Crippen molar-refractivity contribution in [3.8, 4) is 5.75 Å². The molecule has 0 aliphatic carbocycles. The van der Waals surface area contributed by atoms with Crippen molar-refractivity contribution in [3.63, 3.8) is 0 Å². The number of rotatable bonds is 4. The van der Waals surface area contributed by atoms with E-state index in [1.54, 1.807) is 11.4 Å². The van der Waals surface area contributed by atoms with Gasteiger partial charge in [0.15, 0.2) is 0 Å². The number of nitrogens with one attached hydrogen (secondary N) is 1. The fraction of sp³-hybridized carbons (Fsp3) is 0.0909. The Hall–Kier alpha value is -1.74. The lowest BCUT2D eigenvalue weighted by molar-refractivity contribution is -0.274. The van der Waals surface area contributed by atoms with Crippen LogP contribution in [0.15, 0.2) is 46.0 Å². The van der Waals surface area contributed by atoms with Crippen LogP contribution < -0.4 is 9.46 Å². The van der Waals surface area contributed by atoms with Crippen LogP contribution in [-0.2, 0) is 10.0 Å². The molecular weight excluding hydrogens is 315 g/mol. The van der Waals surface area contributed by atoms with Crippen LogP contribution >= 0.6 is 11.3 Å². The molecule has 0 saturated heterocycles. The minimum Gasteiger partial charge on any atom is -0.406 e. The molecule has 9 heteroatoms. The van der Waals surface area contributed by atoms with E-state index in [2.05, 4.69) is 9.46 Å². The van der Waals surface area contributed by atoms with E-state index in [9.17, 15) is 21.6 Å².